The Balaban J connectivity index is 1.56. The first kappa shape index (κ1) is 22.2. The fraction of sp³-hybridized carbons (Fsp3) is 0.217. The third-order valence-corrected chi connectivity index (χ3v) is 6.10. The molecule has 0 unspecified atom stereocenters. The molecular formula is C23H21BrN4O3S. The molecule has 0 saturated heterocycles. The lowest BCUT2D eigenvalue weighted by Crippen LogP contribution is -2.24. The first-order valence-corrected chi connectivity index (χ1v) is 11.7. The quantitative estimate of drug-likeness (QED) is 0.407. The number of aromatic nitrogens is 3. The van der Waals surface area contributed by atoms with Crippen LogP contribution in [0.5, 0.6) is 5.75 Å². The summed E-state index contributed by atoms with van der Waals surface area (Å²) in [4.78, 5) is 30.1. The lowest BCUT2D eigenvalue weighted by atomic mass is 10.2. The molecule has 0 bridgehead atoms. The van der Waals surface area contributed by atoms with Crippen LogP contribution in [0.3, 0.4) is 0 Å². The number of benzene rings is 2. The van der Waals surface area contributed by atoms with E-state index >= 15 is 0 Å². The zero-order valence-corrected chi connectivity index (χ0v) is 20.0. The van der Waals surface area contributed by atoms with Crippen molar-refractivity contribution in [1.29, 1.82) is 0 Å². The fourth-order valence-corrected chi connectivity index (χ4v) is 4.38. The number of fused-ring (bicyclic) bond motifs is 1. The normalized spacial score (nSPS) is 11.8. The monoisotopic (exact) mass is 512 g/mol. The molecule has 2 aromatic carbocycles. The van der Waals surface area contributed by atoms with Crippen LogP contribution in [-0.2, 0) is 11.2 Å². The number of halogens is 1. The molecule has 1 amide bonds. The molecule has 4 aromatic rings. The van der Waals surface area contributed by atoms with Crippen molar-refractivity contribution in [3.05, 3.63) is 78.8 Å². The maximum absolute atomic E-state index is 12.8. The summed E-state index contributed by atoms with van der Waals surface area (Å²) in [5.41, 5.74) is 2.28. The fourth-order valence-electron chi connectivity index (χ4n) is 3.09. The van der Waals surface area contributed by atoms with Crippen LogP contribution >= 0.6 is 27.3 Å². The Hall–Kier alpha value is -3.04. The van der Waals surface area contributed by atoms with Crippen molar-refractivity contribution in [2.24, 2.45) is 0 Å². The Labute approximate surface area is 196 Å². The predicted molar refractivity (Wildman–Crippen MR) is 129 cm³/mol. The van der Waals surface area contributed by atoms with E-state index in [0.29, 0.717) is 32.3 Å². The van der Waals surface area contributed by atoms with Gasteiger partial charge in [-0.2, -0.15) is 4.52 Å². The molecule has 0 aliphatic rings. The Morgan fingerprint density at radius 3 is 2.75 bits per heavy atom. The number of carbonyl (C=O) groups is 1. The van der Waals surface area contributed by atoms with Crippen LogP contribution in [-0.4, -0.2) is 27.1 Å². The van der Waals surface area contributed by atoms with Crippen LogP contribution in [0.4, 0.5) is 5.69 Å². The highest BCUT2D eigenvalue weighted by Crippen LogP contribution is 2.24. The van der Waals surface area contributed by atoms with Crippen molar-refractivity contribution in [3.8, 4) is 5.75 Å². The Kier molecular flexibility index (Phi) is 6.66. The summed E-state index contributed by atoms with van der Waals surface area (Å²) in [6, 6.07) is 13.0. The molecule has 1 N–H and O–H groups in total. The van der Waals surface area contributed by atoms with Crippen LogP contribution in [0.25, 0.3) is 11.0 Å². The van der Waals surface area contributed by atoms with Gasteiger partial charge in [-0.1, -0.05) is 51.9 Å². The number of amides is 1. The summed E-state index contributed by atoms with van der Waals surface area (Å²) in [7, 11) is 0. The summed E-state index contributed by atoms with van der Waals surface area (Å²) < 4.78 is 8.44. The first-order chi connectivity index (χ1) is 15.4. The maximum atomic E-state index is 12.8. The van der Waals surface area contributed by atoms with E-state index in [-0.39, 0.29) is 18.1 Å². The van der Waals surface area contributed by atoms with Crippen LogP contribution in [0.15, 0.2) is 51.7 Å². The van der Waals surface area contributed by atoms with Crippen molar-refractivity contribution in [3.63, 3.8) is 0 Å². The van der Waals surface area contributed by atoms with Crippen LogP contribution in [0.1, 0.15) is 30.3 Å². The lowest BCUT2D eigenvalue weighted by Gasteiger charge is -2.10. The van der Waals surface area contributed by atoms with Gasteiger partial charge in [-0.25, -0.2) is 4.98 Å². The molecule has 9 heteroatoms. The molecular weight excluding hydrogens is 492 g/mol. The van der Waals surface area contributed by atoms with Gasteiger partial charge >= 0.3 is 0 Å². The molecule has 2 aromatic heterocycles. The van der Waals surface area contributed by atoms with Gasteiger partial charge in [0.2, 0.25) is 4.96 Å². The standard InChI is InChI=1S/C23H21BrN4O3S/c1-3-4-20-26-23-28(27-20)22(30)19(32-23)12-15-11-16(24)7-10-18(15)31-13-21(29)25-17-8-5-14(2)6-9-17/h5-12H,3-4,13H2,1-2H3,(H,25,29)/b19-12-. The highest BCUT2D eigenvalue weighted by atomic mass is 79.9. The minimum atomic E-state index is -0.269. The maximum Gasteiger partial charge on any atom is 0.291 e. The number of nitrogens with one attached hydrogen (secondary N) is 1. The Morgan fingerprint density at radius 2 is 2.03 bits per heavy atom. The summed E-state index contributed by atoms with van der Waals surface area (Å²) in [6.07, 6.45) is 3.39. The number of hydrogen-bond donors (Lipinski definition) is 1. The number of rotatable bonds is 7. The van der Waals surface area contributed by atoms with E-state index in [2.05, 4.69) is 31.3 Å². The van der Waals surface area contributed by atoms with Gasteiger partial charge < -0.3 is 10.1 Å². The van der Waals surface area contributed by atoms with Gasteiger partial charge in [-0.05, 0) is 49.8 Å². The molecule has 0 radical (unpaired) electrons. The van der Waals surface area contributed by atoms with E-state index < -0.39 is 0 Å². The highest BCUT2D eigenvalue weighted by Gasteiger charge is 2.12. The molecule has 0 spiro atoms. The van der Waals surface area contributed by atoms with Crippen molar-refractivity contribution >= 4 is 49.9 Å². The molecule has 0 aliphatic heterocycles. The molecule has 164 valence electrons. The lowest BCUT2D eigenvalue weighted by molar-refractivity contribution is -0.118. The minimum Gasteiger partial charge on any atom is -0.483 e. The predicted octanol–water partition coefficient (Wildman–Crippen LogP) is 3.74. The second kappa shape index (κ2) is 9.62. The third kappa shape index (κ3) is 5.05. The number of ether oxygens (including phenoxy) is 1. The van der Waals surface area contributed by atoms with E-state index in [4.69, 9.17) is 4.74 Å². The molecule has 0 aliphatic carbocycles. The van der Waals surface area contributed by atoms with Crippen molar-refractivity contribution in [2.45, 2.75) is 26.7 Å². The average Bonchev–Trinajstić information content (AvgIpc) is 3.28. The number of thiazole rings is 1. The average molecular weight is 513 g/mol. The minimum absolute atomic E-state index is 0.156. The van der Waals surface area contributed by atoms with Gasteiger partial charge in [0, 0.05) is 22.1 Å². The number of anilines is 1. The summed E-state index contributed by atoms with van der Waals surface area (Å²) in [5.74, 6) is 0.903. The Bertz CT molecular complexity index is 1380. The zero-order valence-electron chi connectivity index (χ0n) is 17.6. The highest BCUT2D eigenvalue weighted by molar-refractivity contribution is 9.10. The molecule has 0 saturated carbocycles. The van der Waals surface area contributed by atoms with Crippen LogP contribution in [0, 0.1) is 6.92 Å². The van der Waals surface area contributed by atoms with Gasteiger partial charge in [0.1, 0.15) is 5.75 Å². The topological polar surface area (TPSA) is 85.6 Å². The van der Waals surface area contributed by atoms with E-state index in [1.54, 1.807) is 12.1 Å². The first-order valence-electron chi connectivity index (χ1n) is 10.1. The molecule has 0 fully saturated rings. The number of aryl methyl sites for hydroxylation is 2. The number of hydrogen-bond acceptors (Lipinski definition) is 6. The molecule has 4 rings (SSSR count). The van der Waals surface area contributed by atoms with E-state index in [1.807, 2.05) is 50.2 Å². The van der Waals surface area contributed by atoms with Gasteiger partial charge in [0.25, 0.3) is 11.5 Å². The van der Waals surface area contributed by atoms with Crippen molar-refractivity contribution in [2.75, 3.05) is 11.9 Å². The van der Waals surface area contributed by atoms with Crippen LogP contribution < -0.4 is 20.1 Å². The van der Waals surface area contributed by atoms with E-state index in [1.165, 1.54) is 15.9 Å². The third-order valence-electron chi connectivity index (χ3n) is 4.65. The van der Waals surface area contributed by atoms with Gasteiger partial charge in [0.05, 0.1) is 4.53 Å². The van der Waals surface area contributed by atoms with E-state index in [0.717, 1.165) is 22.9 Å². The van der Waals surface area contributed by atoms with Gasteiger partial charge in [0.15, 0.2) is 12.4 Å². The van der Waals surface area contributed by atoms with Gasteiger partial charge in [-0.15, -0.1) is 5.10 Å². The van der Waals surface area contributed by atoms with E-state index in [9.17, 15) is 9.59 Å². The second-order valence-electron chi connectivity index (χ2n) is 7.27. The summed E-state index contributed by atoms with van der Waals surface area (Å²) >= 11 is 4.73. The SMILES string of the molecule is CCCc1nc2s/c(=C\c3cc(Br)ccc3OCC(=O)Nc3ccc(C)cc3)c(=O)n2n1. The molecule has 2 heterocycles. The van der Waals surface area contributed by atoms with Crippen molar-refractivity contribution < 1.29 is 9.53 Å². The molecule has 0 atom stereocenters. The van der Waals surface area contributed by atoms with Crippen molar-refractivity contribution in [1.82, 2.24) is 14.6 Å². The second-order valence-corrected chi connectivity index (χ2v) is 9.20. The largest absolute Gasteiger partial charge is 0.483 e. The summed E-state index contributed by atoms with van der Waals surface area (Å²) in [6.45, 7) is 3.87. The van der Waals surface area contributed by atoms with Gasteiger partial charge in [-0.3, -0.25) is 9.59 Å². The molecule has 32 heavy (non-hydrogen) atoms. The smallest absolute Gasteiger partial charge is 0.291 e. The number of carbonyl (C=O) groups excluding carboxylic acids is 1. The number of nitrogens with zero attached hydrogens (tertiary/aromatic N) is 3. The molecule has 7 nitrogen and oxygen atoms in total. The zero-order chi connectivity index (χ0) is 22.7. The Morgan fingerprint density at radius 1 is 1.25 bits per heavy atom. The van der Waals surface area contributed by atoms with Crippen LogP contribution in [0.2, 0.25) is 0 Å². The summed E-state index contributed by atoms with van der Waals surface area (Å²) in [5, 5.41) is 7.11.